The number of hydrogen-bond donors (Lipinski definition) is 2. The number of hydrogen-bond acceptors (Lipinski definition) is 3. The summed E-state index contributed by atoms with van der Waals surface area (Å²) in [6, 6.07) is 3.88. The normalized spacial score (nSPS) is 8.17. The molecule has 0 aromatic heterocycles. The molecule has 1 rings (SSSR count). The van der Waals surface area contributed by atoms with Gasteiger partial charge in [-0.2, -0.15) is 0 Å². The predicted molar refractivity (Wildman–Crippen MR) is 55.1 cm³/mol. The van der Waals surface area contributed by atoms with Gasteiger partial charge < -0.3 is 10.2 Å². The van der Waals surface area contributed by atoms with E-state index in [0.29, 0.717) is 11.8 Å². The van der Waals surface area contributed by atoms with E-state index >= 15 is 0 Å². The van der Waals surface area contributed by atoms with Crippen LogP contribution in [0.3, 0.4) is 0 Å². The number of phenols is 2. The second-order valence-corrected chi connectivity index (χ2v) is 1.87. The van der Waals surface area contributed by atoms with Gasteiger partial charge in [0.15, 0.2) is 11.5 Å². The number of halogens is 1. The maximum atomic E-state index is 10.1. The third kappa shape index (κ3) is 3.08. The average Bonchev–Trinajstić information content (AvgIpc) is 2.13. The van der Waals surface area contributed by atoms with Gasteiger partial charge in [0, 0.05) is 5.56 Å². The monoisotopic (exact) mass is 280 g/mol. The summed E-state index contributed by atoms with van der Waals surface area (Å²) >= 11 is 2.15. The molecule has 3 nitrogen and oxygen atoms in total. The fourth-order valence-electron chi connectivity index (χ4n) is 0.614. The van der Waals surface area contributed by atoms with Gasteiger partial charge >= 0.3 is 0 Å². The van der Waals surface area contributed by atoms with Crippen molar-refractivity contribution >= 4 is 28.9 Å². The number of rotatable bonds is 1. The van der Waals surface area contributed by atoms with E-state index in [-0.39, 0.29) is 11.5 Å². The van der Waals surface area contributed by atoms with Crippen molar-refractivity contribution in [2.24, 2.45) is 0 Å². The van der Waals surface area contributed by atoms with Gasteiger partial charge in [-0.3, -0.25) is 4.79 Å². The molecule has 0 aliphatic heterocycles. The first-order chi connectivity index (χ1) is 5.74. The largest absolute Gasteiger partial charge is 0.504 e. The van der Waals surface area contributed by atoms with Gasteiger partial charge in [-0.15, -0.1) is 0 Å². The molecule has 0 unspecified atom stereocenters. The van der Waals surface area contributed by atoms with Crippen molar-refractivity contribution in [2.75, 3.05) is 4.93 Å². The molecular formula is C8H9IO3. The zero-order valence-electron chi connectivity index (χ0n) is 6.49. The number of carbonyl (C=O) groups is 1. The minimum Gasteiger partial charge on any atom is -0.504 e. The molecule has 0 bridgehead atoms. The molecule has 0 atom stereocenters. The molecular weight excluding hydrogens is 271 g/mol. The molecule has 0 spiro atoms. The second kappa shape index (κ2) is 5.82. The Hall–Kier alpha value is -0.780. The minimum absolute atomic E-state index is 0.217. The molecule has 66 valence electrons. The van der Waals surface area contributed by atoms with Gasteiger partial charge in [0.05, 0.1) is 0 Å². The number of benzene rings is 1. The molecule has 2 N–H and O–H groups in total. The summed E-state index contributed by atoms with van der Waals surface area (Å²) in [5, 5.41) is 17.6. The lowest BCUT2D eigenvalue weighted by molar-refractivity contribution is 0.112. The Kier molecular flexibility index (Phi) is 5.44. The minimum atomic E-state index is -0.274. The number of aldehydes is 1. The molecule has 4 heteroatoms. The zero-order chi connectivity index (χ0) is 9.56. The highest BCUT2D eigenvalue weighted by Crippen LogP contribution is 2.23. The van der Waals surface area contributed by atoms with E-state index in [2.05, 4.69) is 22.6 Å². The van der Waals surface area contributed by atoms with Gasteiger partial charge in [0.2, 0.25) is 0 Å². The highest BCUT2D eigenvalue weighted by molar-refractivity contribution is 14.1. The van der Waals surface area contributed by atoms with Crippen molar-refractivity contribution in [3.63, 3.8) is 0 Å². The zero-order valence-corrected chi connectivity index (χ0v) is 8.65. The Balaban J connectivity index is 0.000000561. The Morgan fingerprint density at radius 1 is 1.25 bits per heavy atom. The number of carbonyl (C=O) groups excluding carboxylic acids is 1. The summed E-state index contributed by atoms with van der Waals surface area (Å²) in [5.74, 6) is -0.491. The topological polar surface area (TPSA) is 57.5 Å². The molecule has 0 saturated carbocycles. The Morgan fingerprint density at radius 3 is 2.25 bits per heavy atom. The summed E-state index contributed by atoms with van der Waals surface area (Å²) in [6.07, 6.45) is 0.596. The molecule has 0 aliphatic carbocycles. The van der Waals surface area contributed by atoms with Crippen molar-refractivity contribution in [1.82, 2.24) is 0 Å². The molecule has 0 fully saturated rings. The van der Waals surface area contributed by atoms with Gasteiger partial charge in [-0.25, -0.2) is 0 Å². The van der Waals surface area contributed by atoms with Crippen molar-refractivity contribution in [3.05, 3.63) is 23.8 Å². The molecule has 12 heavy (non-hydrogen) atoms. The van der Waals surface area contributed by atoms with Crippen LogP contribution in [0.4, 0.5) is 0 Å². The number of aromatic hydroxyl groups is 2. The van der Waals surface area contributed by atoms with Crippen LogP contribution in [0.1, 0.15) is 10.4 Å². The Morgan fingerprint density at radius 2 is 1.83 bits per heavy atom. The summed E-state index contributed by atoms with van der Waals surface area (Å²) in [4.78, 5) is 12.0. The van der Waals surface area contributed by atoms with E-state index in [1.54, 1.807) is 0 Å². The van der Waals surface area contributed by atoms with E-state index < -0.39 is 0 Å². The first-order valence-electron chi connectivity index (χ1n) is 3.09. The van der Waals surface area contributed by atoms with Crippen molar-refractivity contribution in [2.45, 2.75) is 0 Å². The van der Waals surface area contributed by atoms with Crippen LogP contribution in [0.25, 0.3) is 0 Å². The van der Waals surface area contributed by atoms with Crippen LogP contribution < -0.4 is 0 Å². The third-order valence-electron chi connectivity index (χ3n) is 1.14. The summed E-state index contributed by atoms with van der Waals surface area (Å²) < 4.78 is 0. The molecule has 0 amide bonds. The molecule has 0 aliphatic rings. The van der Waals surface area contributed by atoms with Gasteiger partial charge in [-0.1, -0.05) is 22.6 Å². The van der Waals surface area contributed by atoms with Crippen LogP contribution in [-0.2, 0) is 0 Å². The van der Waals surface area contributed by atoms with Gasteiger partial charge in [-0.05, 0) is 23.1 Å². The summed E-state index contributed by atoms with van der Waals surface area (Å²) in [6.45, 7) is 0. The third-order valence-corrected chi connectivity index (χ3v) is 1.14. The first kappa shape index (κ1) is 11.2. The van der Waals surface area contributed by atoms with Crippen LogP contribution in [0, 0.1) is 0 Å². The lowest BCUT2D eigenvalue weighted by atomic mass is 10.2. The predicted octanol–water partition coefficient (Wildman–Crippen LogP) is 1.96. The van der Waals surface area contributed by atoms with E-state index in [0.717, 1.165) is 0 Å². The number of phenolic OH excluding ortho intramolecular Hbond substituents is 2. The quantitative estimate of drug-likeness (QED) is 0.358. The van der Waals surface area contributed by atoms with Crippen LogP contribution in [-0.4, -0.2) is 21.4 Å². The average molecular weight is 280 g/mol. The van der Waals surface area contributed by atoms with Crippen molar-refractivity contribution in [1.29, 1.82) is 0 Å². The highest BCUT2D eigenvalue weighted by Gasteiger charge is 1.97. The fourth-order valence-corrected chi connectivity index (χ4v) is 0.614. The number of alkyl halides is 1. The Labute approximate surface area is 84.2 Å². The van der Waals surface area contributed by atoms with Crippen LogP contribution in [0.15, 0.2) is 18.2 Å². The van der Waals surface area contributed by atoms with Crippen molar-refractivity contribution < 1.29 is 15.0 Å². The molecule has 1 aromatic carbocycles. The van der Waals surface area contributed by atoms with Crippen LogP contribution in [0.5, 0.6) is 11.5 Å². The van der Waals surface area contributed by atoms with Crippen molar-refractivity contribution in [3.8, 4) is 11.5 Å². The van der Waals surface area contributed by atoms with Gasteiger partial charge in [0.1, 0.15) is 6.29 Å². The van der Waals surface area contributed by atoms with Gasteiger partial charge in [0.25, 0.3) is 0 Å². The van der Waals surface area contributed by atoms with E-state index in [9.17, 15) is 4.79 Å². The lowest BCUT2D eigenvalue weighted by Gasteiger charge is -1.95. The van der Waals surface area contributed by atoms with E-state index in [1.807, 2.05) is 4.93 Å². The SMILES string of the molecule is CI.O=Cc1ccc(O)c(O)c1. The maximum absolute atomic E-state index is 10.1. The molecule has 0 saturated heterocycles. The highest BCUT2D eigenvalue weighted by atomic mass is 127. The van der Waals surface area contributed by atoms with E-state index in [4.69, 9.17) is 10.2 Å². The van der Waals surface area contributed by atoms with Crippen LogP contribution in [0.2, 0.25) is 0 Å². The fraction of sp³-hybridized carbons (Fsp3) is 0.125. The van der Waals surface area contributed by atoms with Crippen LogP contribution >= 0.6 is 22.6 Å². The molecule has 0 heterocycles. The second-order valence-electron chi connectivity index (χ2n) is 1.87. The standard InChI is InChI=1S/C7H6O3.CH3I/c8-4-5-1-2-6(9)7(10)3-5;1-2/h1-4,9-10H;1H3. The summed E-state index contributed by atoms with van der Waals surface area (Å²) in [7, 11) is 0. The lowest BCUT2D eigenvalue weighted by Crippen LogP contribution is -1.77. The maximum Gasteiger partial charge on any atom is 0.158 e. The Bertz CT molecular complexity index is 260. The summed E-state index contributed by atoms with van der Waals surface area (Å²) in [5.41, 5.74) is 0.343. The first-order valence-corrected chi connectivity index (χ1v) is 5.25. The van der Waals surface area contributed by atoms with E-state index in [1.165, 1.54) is 18.2 Å². The molecule has 0 radical (unpaired) electrons. The smallest absolute Gasteiger partial charge is 0.158 e. The molecule has 1 aromatic rings.